The zero-order valence-corrected chi connectivity index (χ0v) is 14.6. The molecule has 1 N–H and O–H groups in total. The van der Waals surface area contributed by atoms with Crippen molar-refractivity contribution < 1.29 is 14.6 Å². The van der Waals surface area contributed by atoms with Gasteiger partial charge in [-0.25, -0.2) is 0 Å². The summed E-state index contributed by atoms with van der Waals surface area (Å²) in [6, 6.07) is 16.4. The van der Waals surface area contributed by atoms with Crippen LogP contribution in [0.4, 0.5) is 0 Å². The van der Waals surface area contributed by atoms with Crippen molar-refractivity contribution in [1.29, 1.82) is 0 Å². The molecule has 0 bridgehead atoms. The van der Waals surface area contributed by atoms with Gasteiger partial charge in [0.05, 0.1) is 12.6 Å². The van der Waals surface area contributed by atoms with E-state index >= 15 is 0 Å². The second-order valence-electron chi connectivity index (χ2n) is 6.40. The van der Waals surface area contributed by atoms with Crippen LogP contribution < -0.4 is 4.74 Å². The molecule has 0 fully saturated rings. The number of ether oxygens (including phenoxy) is 1. The predicted octanol–water partition coefficient (Wildman–Crippen LogP) is 3.97. The summed E-state index contributed by atoms with van der Waals surface area (Å²) in [5, 5.41) is 12.2. The minimum atomic E-state index is -1.65. The lowest BCUT2D eigenvalue weighted by molar-refractivity contribution is 0.00295. The summed E-state index contributed by atoms with van der Waals surface area (Å²) >= 11 is 0. The molecule has 0 saturated carbocycles. The van der Waals surface area contributed by atoms with E-state index in [1.165, 1.54) is 6.20 Å². The lowest BCUT2D eigenvalue weighted by atomic mass is 9.77. The van der Waals surface area contributed by atoms with E-state index in [0.717, 1.165) is 10.9 Å². The highest BCUT2D eigenvalue weighted by molar-refractivity contribution is 6.04. The Hall–Kier alpha value is -2.72. The fraction of sp³-hybridized carbons (Fsp3) is 0.238. The van der Waals surface area contributed by atoms with Gasteiger partial charge in [0.2, 0.25) is 5.78 Å². The Morgan fingerprint density at radius 3 is 2.60 bits per heavy atom. The van der Waals surface area contributed by atoms with E-state index in [1.54, 1.807) is 37.4 Å². The first kappa shape index (κ1) is 17.1. The van der Waals surface area contributed by atoms with Crippen LogP contribution in [0, 0.1) is 5.92 Å². The number of methoxy groups -OCH3 is 1. The lowest BCUT2D eigenvalue weighted by Crippen LogP contribution is -2.41. The second-order valence-corrected chi connectivity index (χ2v) is 6.40. The van der Waals surface area contributed by atoms with Gasteiger partial charge in [-0.3, -0.25) is 9.78 Å². The minimum Gasteiger partial charge on any atom is -0.497 e. The molecule has 0 amide bonds. The first-order chi connectivity index (χ1) is 12.0. The first-order valence-corrected chi connectivity index (χ1v) is 8.23. The molecular weight excluding hydrogens is 314 g/mol. The Kier molecular flexibility index (Phi) is 4.55. The molecule has 1 unspecified atom stereocenters. The number of Topliss-reactive ketones (excluding diaryl/α,β-unsaturated/α-hetero) is 1. The summed E-state index contributed by atoms with van der Waals surface area (Å²) in [5.41, 5.74) is 0.0600. The van der Waals surface area contributed by atoms with Crippen molar-refractivity contribution in [2.24, 2.45) is 5.92 Å². The van der Waals surface area contributed by atoms with Crippen molar-refractivity contribution in [3.05, 3.63) is 71.9 Å². The van der Waals surface area contributed by atoms with Crippen LogP contribution in [0.2, 0.25) is 0 Å². The fourth-order valence-electron chi connectivity index (χ4n) is 3.00. The molecule has 0 radical (unpaired) electrons. The number of hydrogen-bond donors (Lipinski definition) is 1. The molecule has 3 aromatic rings. The van der Waals surface area contributed by atoms with Gasteiger partial charge in [0.1, 0.15) is 5.75 Å². The number of carbonyl (C=O) groups excluding carboxylic acids is 1. The number of carbonyl (C=O) groups is 1. The van der Waals surface area contributed by atoms with Gasteiger partial charge < -0.3 is 9.84 Å². The first-order valence-electron chi connectivity index (χ1n) is 8.23. The Morgan fingerprint density at radius 2 is 1.88 bits per heavy atom. The smallest absolute Gasteiger partial charge is 0.200 e. The minimum absolute atomic E-state index is 0.321. The predicted molar refractivity (Wildman–Crippen MR) is 97.8 cm³/mol. The van der Waals surface area contributed by atoms with Crippen LogP contribution in [0.5, 0.6) is 5.75 Å². The highest BCUT2D eigenvalue weighted by atomic mass is 16.5. The van der Waals surface area contributed by atoms with Gasteiger partial charge in [-0.05, 0) is 35.7 Å². The molecule has 0 aliphatic carbocycles. The Morgan fingerprint density at radius 1 is 1.12 bits per heavy atom. The number of para-hydroxylation sites is 1. The van der Waals surface area contributed by atoms with Gasteiger partial charge in [-0.2, -0.15) is 0 Å². The number of aliphatic hydroxyl groups is 1. The van der Waals surface area contributed by atoms with Crippen molar-refractivity contribution in [3.63, 3.8) is 0 Å². The third-order valence-electron chi connectivity index (χ3n) is 4.54. The van der Waals surface area contributed by atoms with Crippen molar-refractivity contribution in [1.82, 2.24) is 4.98 Å². The number of fused-ring (bicyclic) bond motifs is 1. The molecule has 0 aliphatic heterocycles. The molecular formula is C21H21NO3. The molecule has 128 valence electrons. The number of ketones is 1. The van der Waals surface area contributed by atoms with Crippen LogP contribution in [0.3, 0.4) is 0 Å². The molecule has 1 aromatic heterocycles. The van der Waals surface area contributed by atoms with Crippen LogP contribution in [0.15, 0.2) is 60.8 Å². The number of nitrogens with zero attached hydrogens (tertiary/aromatic N) is 1. The van der Waals surface area contributed by atoms with Crippen molar-refractivity contribution >= 4 is 16.7 Å². The van der Waals surface area contributed by atoms with Gasteiger partial charge >= 0.3 is 0 Å². The number of hydrogen-bond acceptors (Lipinski definition) is 4. The van der Waals surface area contributed by atoms with Gasteiger partial charge in [-0.1, -0.05) is 44.2 Å². The third kappa shape index (κ3) is 3.01. The van der Waals surface area contributed by atoms with Crippen molar-refractivity contribution in [2.45, 2.75) is 19.4 Å². The zero-order valence-electron chi connectivity index (χ0n) is 14.6. The highest BCUT2D eigenvalue weighted by Gasteiger charge is 2.42. The summed E-state index contributed by atoms with van der Waals surface area (Å²) in [6.45, 7) is 3.65. The molecule has 0 aliphatic rings. The second kappa shape index (κ2) is 6.65. The topological polar surface area (TPSA) is 59.4 Å². The molecule has 0 saturated heterocycles. The zero-order chi connectivity index (χ0) is 18.0. The van der Waals surface area contributed by atoms with E-state index in [2.05, 4.69) is 4.98 Å². The molecule has 0 spiro atoms. The largest absolute Gasteiger partial charge is 0.497 e. The normalized spacial score (nSPS) is 13.6. The average molecular weight is 335 g/mol. The van der Waals surface area contributed by atoms with Gasteiger partial charge in [0, 0.05) is 17.1 Å². The van der Waals surface area contributed by atoms with E-state index in [9.17, 15) is 9.90 Å². The SMILES string of the molecule is COc1cccc(C(O)(C(=O)c2cnc3ccccc3c2)C(C)C)c1. The van der Waals surface area contributed by atoms with Crippen LogP contribution in [0.1, 0.15) is 29.8 Å². The maximum atomic E-state index is 13.2. The van der Waals surface area contributed by atoms with Crippen LogP contribution in [-0.2, 0) is 5.60 Å². The molecule has 4 heteroatoms. The maximum Gasteiger partial charge on any atom is 0.200 e. The molecule has 25 heavy (non-hydrogen) atoms. The van der Waals surface area contributed by atoms with Crippen molar-refractivity contribution in [2.75, 3.05) is 7.11 Å². The van der Waals surface area contributed by atoms with Crippen molar-refractivity contribution in [3.8, 4) is 5.75 Å². The fourth-order valence-corrected chi connectivity index (χ4v) is 3.00. The van der Waals surface area contributed by atoms with Crippen LogP contribution in [0.25, 0.3) is 10.9 Å². The van der Waals surface area contributed by atoms with Crippen LogP contribution in [-0.4, -0.2) is 23.0 Å². The third-order valence-corrected chi connectivity index (χ3v) is 4.54. The van der Waals surface area contributed by atoms with E-state index in [1.807, 2.05) is 38.1 Å². The van der Waals surface area contributed by atoms with E-state index < -0.39 is 5.60 Å². The summed E-state index contributed by atoms with van der Waals surface area (Å²) in [6.07, 6.45) is 1.53. The summed E-state index contributed by atoms with van der Waals surface area (Å²) in [5.74, 6) is -0.0893. The number of rotatable bonds is 5. The molecule has 1 atom stereocenters. The van der Waals surface area contributed by atoms with E-state index in [-0.39, 0.29) is 11.7 Å². The summed E-state index contributed by atoms with van der Waals surface area (Å²) in [4.78, 5) is 17.6. The monoisotopic (exact) mass is 335 g/mol. The Labute approximate surface area is 147 Å². The number of pyridine rings is 1. The highest BCUT2D eigenvalue weighted by Crippen LogP contribution is 2.35. The molecule has 2 aromatic carbocycles. The standard InChI is InChI=1S/C21H21NO3/c1-14(2)21(24,17-8-6-9-18(12-17)25-3)20(23)16-11-15-7-4-5-10-19(15)22-13-16/h4-14,24H,1-3H3. The van der Waals surface area contributed by atoms with E-state index in [0.29, 0.717) is 16.9 Å². The lowest BCUT2D eigenvalue weighted by Gasteiger charge is -2.31. The van der Waals surface area contributed by atoms with Crippen LogP contribution >= 0.6 is 0 Å². The Bertz CT molecular complexity index is 920. The number of aromatic nitrogens is 1. The molecule has 4 nitrogen and oxygen atoms in total. The number of benzene rings is 2. The van der Waals surface area contributed by atoms with E-state index in [4.69, 9.17) is 4.74 Å². The van der Waals surface area contributed by atoms with Gasteiger partial charge in [0.25, 0.3) is 0 Å². The summed E-state index contributed by atoms with van der Waals surface area (Å²) in [7, 11) is 1.56. The average Bonchev–Trinajstić information content (AvgIpc) is 2.66. The quantitative estimate of drug-likeness (QED) is 0.717. The molecule has 3 rings (SSSR count). The van der Waals surface area contributed by atoms with Gasteiger partial charge in [0.15, 0.2) is 5.60 Å². The Balaban J connectivity index is 2.10. The maximum absolute atomic E-state index is 13.2. The van der Waals surface area contributed by atoms with Gasteiger partial charge in [-0.15, -0.1) is 0 Å². The molecule has 1 heterocycles. The summed E-state index contributed by atoms with van der Waals surface area (Å²) < 4.78 is 5.24.